The maximum Gasteiger partial charge on any atom is 0.455 e. The lowest BCUT2D eigenvalue weighted by Crippen LogP contribution is -2.40. The Morgan fingerprint density at radius 1 is 1.16 bits per heavy atom. The van der Waals surface area contributed by atoms with Crippen molar-refractivity contribution in [2.45, 2.75) is 18.6 Å². The molecule has 10 heteroatoms. The van der Waals surface area contributed by atoms with Gasteiger partial charge >= 0.3 is 17.8 Å². The van der Waals surface area contributed by atoms with Crippen LogP contribution in [-0.2, 0) is 6.54 Å². The molecule has 0 aliphatic carbocycles. The smallest absolute Gasteiger partial charge is 0.340 e. The van der Waals surface area contributed by atoms with Gasteiger partial charge in [-0.1, -0.05) is 0 Å². The molecule has 3 heterocycles. The molecule has 1 N–H and O–H groups in total. The Balaban J connectivity index is 2.03. The molecule has 3 aromatic rings. The minimum Gasteiger partial charge on any atom is -0.340 e. The van der Waals surface area contributed by atoms with Crippen LogP contribution in [0.2, 0.25) is 0 Å². The molecule has 0 spiro atoms. The standard InChI is InChI=1S/C15H10F6N3O/c16-10-2-1-4-24(25)13(10)11-6-9-3-5-23(12(9)7-22-11)8-14(17,18)15(19,20)21/h1-7,25H,8H2/q+1. The number of pyridine rings is 2. The van der Waals surface area contributed by atoms with Crippen LogP contribution in [0, 0.1) is 5.82 Å². The lowest BCUT2D eigenvalue weighted by atomic mass is 10.2. The summed E-state index contributed by atoms with van der Waals surface area (Å²) in [4.78, 5) is 3.86. The Kier molecular flexibility index (Phi) is 3.85. The first kappa shape index (κ1) is 17.1. The van der Waals surface area contributed by atoms with Crippen LogP contribution in [-0.4, -0.2) is 26.9 Å². The summed E-state index contributed by atoms with van der Waals surface area (Å²) in [6, 6.07) is 4.92. The molecule has 0 amide bonds. The van der Waals surface area contributed by atoms with Gasteiger partial charge in [-0.25, -0.2) is 4.98 Å². The van der Waals surface area contributed by atoms with E-state index in [0.717, 1.165) is 18.5 Å². The molecule has 0 radical (unpaired) electrons. The van der Waals surface area contributed by atoms with Gasteiger partial charge in [-0.15, -0.1) is 0 Å². The molecule has 0 unspecified atom stereocenters. The van der Waals surface area contributed by atoms with E-state index in [1.54, 1.807) is 0 Å². The molecule has 0 saturated carbocycles. The molecule has 0 aliphatic rings. The van der Waals surface area contributed by atoms with Crippen LogP contribution in [0.1, 0.15) is 0 Å². The fraction of sp³-hybridized carbons (Fsp3) is 0.200. The molecular formula is C15H10F6N3O+. The maximum absolute atomic E-state index is 13.8. The van der Waals surface area contributed by atoms with Crippen molar-refractivity contribution in [3.05, 3.63) is 48.7 Å². The van der Waals surface area contributed by atoms with Gasteiger partial charge in [0.1, 0.15) is 5.69 Å². The van der Waals surface area contributed by atoms with Gasteiger partial charge in [0.2, 0.25) is 12.0 Å². The second-order valence-electron chi connectivity index (χ2n) is 5.32. The van der Waals surface area contributed by atoms with E-state index in [1.165, 1.54) is 24.4 Å². The minimum absolute atomic E-state index is 0.00608. The first-order chi connectivity index (χ1) is 11.6. The van der Waals surface area contributed by atoms with E-state index < -0.39 is 24.5 Å². The van der Waals surface area contributed by atoms with Crippen molar-refractivity contribution in [3.8, 4) is 11.4 Å². The molecule has 3 rings (SSSR count). The monoisotopic (exact) mass is 362 g/mol. The molecule has 3 aromatic heterocycles. The van der Waals surface area contributed by atoms with Gasteiger partial charge in [-0.3, -0.25) is 5.21 Å². The number of halogens is 6. The Hall–Kier alpha value is -2.78. The summed E-state index contributed by atoms with van der Waals surface area (Å²) < 4.78 is 78.5. The molecule has 4 nitrogen and oxygen atoms in total. The van der Waals surface area contributed by atoms with E-state index in [9.17, 15) is 31.5 Å². The van der Waals surface area contributed by atoms with Crippen molar-refractivity contribution < 1.29 is 36.3 Å². The van der Waals surface area contributed by atoms with Gasteiger partial charge in [0, 0.05) is 22.4 Å². The maximum atomic E-state index is 13.8. The number of fused-ring (bicyclic) bond motifs is 1. The van der Waals surface area contributed by atoms with Crippen LogP contribution in [0.5, 0.6) is 0 Å². The molecule has 0 aliphatic heterocycles. The van der Waals surface area contributed by atoms with Crippen LogP contribution < -0.4 is 4.73 Å². The summed E-state index contributed by atoms with van der Waals surface area (Å²) in [5.74, 6) is -5.68. The summed E-state index contributed by atoms with van der Waals surface area (Å²) >= 11 is 0. The highest BCUT2D eigenvalue weighted by Crippen LogP contribution is 2.37. The number of hydrogen-bond acceptors (Lipinski definition) is 2. The molecule has 0 bridgehead atoms. The van der Waals surface area contributed by atoms with Crippen molar-refractivity contribution in [3.63, 3.8) is 0 Å². The molecule has 0 atom stereocenters. The number of alkyl halides is 5. The number of rotatable bonds is 3. The quantitative estimate of drug-likeness (QED) is 0.440. The summed E-state index contributed by atoms with van der Waals surface area (Å²) in [7, 11) is 0. The topological polar surface area (TPSA) is 41.9 Å². The zero-order valence-corrected chi connectivity index (χ0v) is 12.3. The Morgan fingerprint density at radius 3 is 2.52 bits per heavy atom. The molecule has 25 heavy (non-hydrogen) atoms. The van der Waals surface area contributed by atoms with Gasteiger partial charge in [0.25, 0.3) is 0 Å². The van der Waals surface area contributed by atoms with E-state index >= 15 is 0 Å². The predicted octanol–water partition coefficient (Wildman–Crippen LogP) is 3.56. The molecule has 0 saturated heterocycles. The van der Waals surface area contributed by atoms with Crippen LogP contribution in [0.15, 0.2) is 42.9 Å². The van der Waals surface area contributed by atoms with Crippen molar-refractivity contribution in [1.82, 2.24) is 9.55 Å². The fourth-order valence-electron chi connectivity index (χ4n) is 2.37. The third-order valence-electron chi connectivity index (χ3n) is 3.61. The molecule has 0 fully saturated rings. The Bertz CT molecular complexity index is 914. The number of hydrogen-bond donors (Lipinski definition) is 1. The van der Waals surface area contributed by atoms with Crippen molar-refractivity contribution in [2.24, 2.45) is 0 Å². The van der Waals surface area contributed by atoms with Gasteiger partial charge in [-0.2, -0.15) is 26.3 Å². The first-order valence-electron chi connectivity index (χ1n) is 6.89. The fourth-order valence-corrected chi connectivity index (χ4v) is 2.37. The normalized spacial score (nSPS) is 12.7. The van der Waals surface area contributed by atoms with E-state index in [1.807, 2.05) is 0 Å². The highest BCUT2D eigenvalue weighted by atomic mass is 19.4. The van der Waals surface area contributed by atoms with Crippen LogP contribution >= 0.6 is 0 Å². The van der Waals surface area contributed by atoms with Gasteiger partial charge in [0.15, 0.2) is 0 Å². The Labute approximate surface area is 136 Å². The van der Waals surface area contributed by atoms with E-state index in [4.69, 9.17) is 0 Å². The first-order valence-corrected chi connectivity index (χ1v) is 6.89. The van der Waals surface area contributed by atoms with Crippen molar-refractivity contribution >= 4 is 10.9 Å². The average Bonchev–Trinajstić information content (AvgIpc) is 2.88. The Morgan fingerprint density at radius 2 is 1.88 bits per heavy atom. The summed E-state index contributed by atoms with van der Waals surface area (Å²) in [6.07, 6.45) is -2.40. The van der Waals surface area contributed by atoms with Gasteiger partial charge in [-0.05, 0) is 18.2 Å². The molecular weight excluding hydrogens is 352 g/mol. The average molecular weight is 362 g/mol. The highest BCUT2D eigenvalue weighted by molar-refractivity contribution is 5.82. The number of aromatic nitrogens is 3. The highest BCUT2D eigenvalue weighted by Gasteiger charge is 2.57. The van der Waals surface area contributed by atoms with E-state index in [2.05, 4.69) is 4.98 Å². The summed E-state index contributed by atoms with van der Waals surface area (Å²) in [6.45, 7) is -1.60. The van der Waals surface area contributed by atoms with Crippen molar-refractivity contribution in [1.29, 1.82) is 0 Å². The van der Waals surface area contributed by atoms with Crippen molar-refractivity contribution in [2.75, 3.05) is 0 Å². The molecule has 132 valence electrons. The van der Waals surface area contributed by atoms with Gasteiger partial charge in [0.05, 0.1) is 18.3 Å². The predicted molar refractivity (Wildman–Crippen MR) is 73.5 cm³/mol. The van der Waals surface area contributed by atoms with Crippen LogP contribution in [0.25, 0.3) is 22.3 Å². The summed E-state index contributed by atoms with van der Waals surface area (Å²) in [5.41, 5.74) is -0.250. The molecule has 0 aromatic carbocycles. The van der Waals surface area contributed by atoms with E-state index in [-0.39, 0.29) is 22.3 Å². The zero-order valence-electron chi connectivity index (χ0n) is 12.3. The SMILES string of the molecule is O[n+]1cccc(F)c1-c1cc2ccn(CC(F)(F)C(F)(F)F)c2cn1. The third kappa shape index (κ3) is 2.99. The van der Waals surface area contributed by atoms with Gasteiger partial charge < -0.3 is 4.57 Å². The third-order valence-corrected chi connectivity index (χ3v) is 3.61. The van der Waals surface area contributed by atoms with E-state index in [0.29, 0.717) is 9.30 Å². The van der Waals surface area contributed by atoms with Crippen LogP contribution in [0.3, 0.4) is 0 Å². The lowest BCUT2D eigenvalue weighted by molar-refractivity contribution is -0.897. The lowest BCUT2D eigenvalue weighted by Gasteiger charge is -2.20. The largest absolute Gasteiger partial charge is 0.455 e. The zero-order chi connectivity index (χ0) is 18.4. The second kappa shape index (κ2) is 5.64. The summed E-state index contributed by atoms with van der Waals surface area (Å²) in [5, 5.41) is 9.94. The minimum atomic E-state index is -5.67. The van der Waals surface area contributed by atoms with Crippen LogP contribution in [0.4, 0.5) is 26.3 Å². The second-order valence-corrected chi connectivity index (χ2v) is 5.32. The number of nitrogens with zero attached hydrogens (tertiary/aromatic N) is 3.